The molecule has 26 heavy (non-hydrogen) atoms. The number of phenolic OH excluding ortho intramolecular Hbond substituents is 1. The third kappa shape index (κ3) is 3.81. The number of phenols is 1. The number of nitrogens with zero attached hydrogens (tertiary/aromatic N) is 2. The van der Waals surface area contributed by atoms with Gasteiger partial charge < -0.3 is 19.3 Å². The normalized spacial score (nSPS) is 17.5. The van der Waals surface area contributed by atoms with Gasteiger partial charge in [0.05, 0.1) is 17.6 Å². The van der Waals surface area contributed by atoms with Crippen LogP contribution in [0.2, 0.25) is 0 Å². The molecule has 0 spiro atoms. The van der Waals surface area contributed by atoms with Gasteiger partial charge in [-0.25, -0.2) is 4.98 Å². The standard InChI is InChI=1S/C20H22N2O4/c23-16-6-9-19-18(13-16)21-14-22(19)15-4-7-17(8-5-15)24-11-12-26-20-3-1-2-10-25-20/h4-9,13-14,20,23H,1-3,10-12H2. The minimum absolute atomic E-state index is 0.0799. The molecule has 6 heteroatoms. The Kier molecular flexibility index (Phi) is 5.04. The first-order valence-corrected chi connectivity index (χ1v) is 8.92. The maximum absolute atomic E-state index is 9.55. The van der Waals surface area contributed by atoms with Crippen molar-refractivity contribution >= 4 is 11.0 Å². The third-order valence-corrected chi connectivity index (χ3v) is 4.44. The molecule has 1 N–H and O–H groups in total. The molecule has 2 heterocycles. The molecule has 1 aromatic heterocycles. The van der Waals surface area contributed by atoms with Gasteiger partial charge in [0, 0.05) is 18.4 Å². The fraction of sp³-hybridized carbons (Fsp3) is 0.350. The van der Waals surface area contributed by atoms with Crippen LogP contribution in [0, 0.1) is 0 Å². The molecular weight excluding hydrogens is 332 g/mol. The average Bonchev–Trinajstić information content (AvgIpc) is 3.09. The van der Waals surface area contributed by atoms with E-state index in [-0.39, 0.29) is 12.0 Å². The second-order valence-corrected chi connectivity index (χ2v) is 6.30. The van der Waals surface area contributed by atoms with Crippen LogP contribution in [0.4, 0.5) is 0 Å². The van der Waals surface area contributed by atoms with E-state index in [0.29, 0.717) is 13.2 Å². The van der Waals surface area contributed by atoms with E-state index in [4.69, 9.17) is 14.2 Å². The summed E-state index contributed by atoms with van der Waals surface area (Å²) in [7, 11) is 0. The zero-order valence-corrected chi connectivity index (χ0v) is 14.5. The van der Waals surface area contributed by atoms with Gasteiger partial charge >= 0.3 is 0 Å². The van der Waals surface area contributed by atoms with Crippen molar-refractivity contribution in [1.82, 2.24) is 9.55 Å². The number of fused-ring (bicyclic) bond motifs is 1. The van der Waals surface area contributed by atoms with Crippen LogP contribution in [-0.4, -0.2) is 40.8 Å². The summed E-state index contributed by atoms with van der Waals surface area (Å²) >= 11 is 0. The maximum atomic E-state index is 9.55. The Hall–Kier alpha value is -2.57. The van der Waals surface area contributed by atoms with Gasteiger partial charge in [0.25, 0.3) is 0 Å². The minimum atomic E-state index is -0.0799. The van der Waals surface area contributed by atoms with Crippen LogP contribution in [0.5, 0.6) is 11.5 Å². The predicted octanol–water partition coefficient (Wildman–Crippen LogP) is 3.65. The lowest BCUT2D eigenvalue weighted by molar-refractivity contribution is -0.165. The summed E-state index contributed by atoms with van der Waals surface area (Å²) < 4.78 is 18.9. The van der Waals surface area contributed by atoms with Gasteiger partial charge in [-0.05, 0) is 55.7 Å². The topological polar surface area (TPSA) is 65.7 Å². The van der Waals surface area contributed by atoms with Crippen molar-refractivity contribution in [3.05, 3.63) is 48.8 Å². The van der Waals surface area contributed by atoms with Gasteiger partial charge in [0.1, 0.15) is 24.4 Å². The summed E-state index contributed by atoms with van der Waals surface area (Å²) in [4.78, 5) is 4.33. The lowest BCUT2D eigenvalue weighted by Gasteiger charge is -2.22. The van der Waals surface area contributed by atoms with Crippen molar-refractivity contribution in [3.63, 3.8) is 0 Å². The Morgan fingerprint density at radius 1 is 1.12 bits per heavy atom. The Morgan fingerprint density at radius 2 is 2.00 bits per heavy atom. The SMILES string of the molecule is Oc1ccc2c(c1)ncn2-c1ccc(OCCOC2CCCCO2)cc1. The van der Waals surface area contributed by atoms with Crippen LogP contribution in [0.25, 0.3) is 16.7 Å². The largest absolute Gasteiger partial charge is 0.508 e. The number of benzene rings is 2. The number of hydrogen-bond acceptors (Lipinski definition) is 5. The number of imidazole rings is 1. The Bertz CT molecular complexity index is 854. The summed E-state index contributed by atoms with van der Waals surface area (Å²) in [5, 5.41) is 9.55. The molecule has 1 fully saturated rings. The first-order valence-electron chi connectivity index (χ1n) is 8.92. The summed E-state index contributed by atoms with van der Waals surface area (Å²) in [6, 6.07) is 13.0. The van der Waals surface area contributed by atoms with Crippen molar-refractivity contribution in [2.24, 2.45) is 0 Å². The summed E-state index contributed by atoms with van der Waals surface area (Å²) in [5.74, 6) is 1.01. The van der Waals surface area contributed by atoms with Crippen molar-refractivity contribution in [3.8, 4) is 17.2 Å². The van der Waals surface area contributed by atoms with Gasteiger partial charge in [0.15, 0.2) is 6.29 Å². The number of hydrogen-bond donors (Lipinski definition) is 1. The number of aromatic nitrogens is 2. The van der Waals surface area contributed by atoms with Crippen LogP contribution < -0.4 is 4.74 Å². The van der Waals surface area contributed by atoms with Crippen molar-refractivity contribution < 1.29 is 19.3 Å². The third-order valence-electron chi connectivity index (χ3n) is 4.44. The highest BCUT2D eigenvalue weighted by Gasteiger charge is 2.13. The monoisotopic (exact) mass is 354 g/mol. The quantitative estimate of drug-likeness (QED) is 0.685. The highest BCUT2D eigenvalue weighted by Crippen LogP contribution is 2.23. The molecule has 0 aliphatic carbocycles. The van der Waals surface area contributed by atoms with Gasteiger partial charge in [0.2, 0.25) is 0 Å². The van der Waals surface area contributed by atoms with E-state index in [0.717, 1.165) is 48.3 Å². The zero-order chi connectivity index (χ0) is 17.8. The minimum Gasteiger partial charge on any atom is -0.508 e. The number of rotatable bonds is 6. The second kappa shape index (κ2) is 7.76. The van der Waals surface area contributed by atoms with Crippen LogP contribution in [0.1, 0.15) is 19.3 Å². The van der Waals surface area contributed by atoms with E-state index < -0.39 is 0 Å². The number of aromatic hydroxyl groups is 1. The fourth-order valence-corrected chi connectivity index (χ4v) is 3.09. The molecule has 1 unspecified atom stereocenters. The lowest BCUT2D eigenvalue weighted by Crippen LogP contribution is -2.24. The summed E-state index contributed by atoms with van der Waals surface area (Å²) in [5.41, 5.74) is 2.68. The second-order valence-electron chi connectivity index (χ2n) is 6.30. The van der Waals surface area contributed by atoms with E-state index in [2.05, 4.69) is 4.98 Å². The molecular formula is C20H22N2O4. The summed E-state index contributed by atoms with van der Waals surface area (Å²) in [6.45, 7) is 1.80. The Labute approximate surface area is 151 Å². The molecule has 1 aliphatic rings. The van der Waals surface area contributed by atoms with Gasteiger partial charge in [-0.15, -0.1) is 0 Å². The first kappa shape index (κ1) is 16.9. The Morgan fingerprint density at radius 3 is 2.81 bits per heavy atom. The van der Waals surface area contributed by atoms with Gasteiger partial charge in [-0.1, -0.05) is 0 Å². The van der Waals surface area contributed by atoms with Crippen LogP contribution >= 0.6 is 0 Å². The number of ether oxygens (including phenoxy) is 3. The molecule has 136 valence electrons. The van der Waals surface area contributed by atoms with E-state index in [1.54, 1.807) is 18.5 Å². The summed E-state index contributed by atoms with van der Waals surface area (Å²) in [6.07, 6.45) is 4.92. The zero-order valence-electron chi connectivity index (χ0n) is 14.5. The molecule has 1 saturated heterocycles. The highest BCUT2D eigenvalue weighted by atomic mass is 16.7. The molecule has 0 amide bonds. The van der Waals surface area contributed by atoms with Gasteiger partial charge in [-0.3, -0.25) is 4.57 Å². The van der Waals surface area contributed by atoms with Crippen LogP contribution in [0.3, 0.4) is 0 Å². The fourth-order valence-electron chi connectivity index (χ4n) is 3.09. The first-order chi connectivity index (χ1) is 12.8. The molecule has 4 rings (SSSR count). The van der Waals surface area contributed by atoms with E-state index in [1.807, 2.05) is 34.9 Å². The maximum Gasteiger partial charge on any atom is 0.157 e. The van der Waals surface area contributed by atoms with Crippen molar-refractivity contribution in [2.45, 2.75) is 25.6 Å². The van der Waals surface area contributed by atoms with Crippen molar-refractivity contribution in [1.29, 1.82) is 0 Å². The Balaban J connectivity index is 1.34. The smallest absolute Gasteiger partial charge is 0.157 e. The van der Waals surface area contributed by atoms with Crippen LogP contribution in [0.15, 0.2) is 48.8 Å². The van der Waals surface area contributed by atoms with Gasteiger partial charge in [-0.2, -0.15) is 0 Å². The molecule has 2 aromatic carbocycles. The van der Waals surface area contributed by atoms with E-state index in [1.165, 1.54) is 0 Å². The van der Waals surface area contributed by atoms with E-state index in [9.17, 15) is 5.11 Å². The van der Waals surface area contributed by atoms with E-state index >= 15 is 0 Å². The molecule has 3 aromatic rings. The predicted molar refractivity (Wildman–Crippen MR) is 97.8 cm³/mol. The molecule has 1 aliphatic heterocycles. The average molecular weight is 354 g/mol. The molecule has 0 saturated carbocycles. The molecule has 0 bridgehead atoms. The molecule has 1 atom stereocenters. The molecule has 0 radical (unpaired) electrons. The van der Waals surface area contributed by atoms with Crippen molar-refractivity contribution in [2.75, 3.05) is 19.8 Å². The van der Waals surface area contributed by atoms with Crippen LogP contribution in [-0.2, 0) is 9.47 Å². The molecule has 6 nitrogen and oxygen atoms in total. The highest BCUT2D eigenvalue weighted by molar-refractivity contribution is 5.78. The lowest BCUT2D eigenvalue weighted by atomic mass is 10.2.